The molecule has 2 aromatic rings. The number of hydrogen-bond acceptors (Lipinski definition) is 3. The molecule has 0 aliphatic carbocycles. The molecule has 0 amide bonds. The highest BCUT2D eigenvalue weighted by Gasteiger charge is 2.34. The van der Waals surface area contributed by atoms with E-state index in [-0.39, 0.29) is 11.2 Å². The summed E-state index contributed by atoms with van der Waals surface area (Å²) in [6, 6.07) is 16.4. The normalized spacial score (nSPS) is 17.0. The van der Waals surface area contributed by atoms with E-state index in [0.717, 1.165) is 38.2 Å². The zero-order valence-electron chi connectivity index (χ0n) is 14.4. The largest absolute Gasteiger partial charge is 0.573 e. The van der Waals surface area contributed by atoms with Gasteiger partial charge in [-0.2, -0.15) is 0 Å². The zero-order valence-corrected chi connectivity index (χ0v) is 14.4. The second-order valence-corrected chi connectivity index (χ2v) is 6.55. The second kappa shape index (κ2) is 8.10. The Hall–Kier alpha value is -2.05. The van der Waals surface area contributed by atoms with Crippen molar-refractivity contribution in [3.63, 3.8) is 0 Å². The van der Waals surface area contributed by atoms with Gasteiger partial charge in [-0.3, -0.25) is 0 Å². The van der Waals surface area contributed by atoms with Gasteiger partial charge in [0.25, 0.3) is 0 Å². The summed E-state index contributed by atoms with van der Waals surface area (Å²) in [6.07, 6.45) is -2.77. The first-order valence-corrected chi connectivity index (χ1v) is 8.66. The predicted octanol–water partition coefficient (Wildman–Crippen LogP) is 4.42. The van der Waals surface area contributed by atoms with E-state index in [1.165, 1.54) is 17.7 Å². The standard InChI is InChI=1S/C20H22F3NO2/c21-20(22,23)26-18-8-6-16(7-9-18)14-24-15-19(10-12-25-13-11-19)17-4-2-1-3-5-17/h1-9,24H,10-15H2. The van der Waals surface area contributed by atoms with E-state index in [1.807, 2.05) is 18.2 Å². The van der Waals surface area contributed by atoms with Gasteiger partial charge in [0.2, 0.25) is 0 Å². The van der Waals surface area contributed by atoms with Crippen LogP contribution in [0.3, 0.4) is 0 Å². The smallest absolute Gasteiger partial charge is 0.406 e. The minimum atomic E-state index is -4.66. The van der Waals surface area contributed by atoms with E-state index >= 15 is 0 Å². The zero-order chi connectivity index (χ0) is 18.5. The van der Waals surface area contributed by atoms with E-state index in [4.69, 9.17) is 4.74 Å². The fraction of sp³-hybridized carbons (Fsp3) is 0.400. The third kappa shape index (κ3) is 4.99. The van der Waals surface area contributed by atoms with Gasteiger partial charge in [-0.15, -0.1) is 13.2 Å². The Bertz CT molecular complexity index is 680. The molecular formula is C20H22F3NO2. The van der Waals surface area contributed by atoms with Crippen molar-refractivity contribution in [2.45, 2.75) is 31.2 Å². The summed E-state index contributed by atoms with van der Waals surface area (Å²) < 4.78 is 46.1. The molecule has 0 aromatic heterocycles. The maximum absolute atomic E-state index is 12.2. The topological polar surface area (TPSA) is 30.5 Å². The van der Waals surface area contributed by atoms with E-state index in [2.05, 4.69) is 22.2 Å². The van der Waals surface area contributed by atoms with Gasteiger partial charge >= 0.3 is 6.36 Å². The van der Waals surface area contributed by atoms with Gasteiger partial charge in [-0.25, -0.2) is 0 Å². The Morgan fingerprint density at radius 1 is 0.962 bits per heavy atom. The summed E-state index contributed by atoms with van der Waals surface area (Å²) in [5.41, 5.74) is 2.23. The SMILES string of the molecule is FC(F)(F)Oc1ccc(CNCC2(c3ccccc3)CCOCC2)cc1. The molecule has 1 heterocycles. The molecule has 0 saturated carbocycles. The van der Waals surface area contributed by atoms with Crippen LogP contribution in [0.4, 0.5) is 13.2 Å². The Morgan fingerprint density at radius 2 is 1.62 bits per heavy atom. The quantitative estimate of drug-likeness (QED) is 0.822. The van der Waals surface area contributed by atoms with Crippen molar-refractivity contribution in [1.29, 1.82) is 0 Å². The molecule has 0 spiro atoms. The first-order valence-electron chi connectivity index (χ1n) is 8.66. The summed E-state index contributed by atoms with van der Waals surface area (Å²) in [4.78, 5) is 0. The van der Waals surface area contributed by atoms with Crippen LogP contribution in [0.15, 0.2) is 54.6 Å². The van der Waals surface area contributed by atoms with Crippen LogP contribution in [0.25, 0.3) is 0 Å². The number of benzene rings is 2. The molecule has 1 aliphatic heterocycles. The van der Waals surface area contributed by atoms with Crippen molar-refractivity contribution in [3.8, 4) is 5.75 Å². The number of ether oxygens (including phenoxy) is 2. The van der Waals surface area contributed by atoms with E-state index in [1.54, 1.807) is 12.1 Å². The summed E-state index contributed by atoms with van der Waals surface area (Å²) in [6.45, 7) is 2.85. The van der Waals surface area contributed by atoms with Crippen molar-refractivity contribution in [2.75, 3.05) is 19.8 Å². The van der Waals surface area contributed by atoms with Crippen LogP contribution in [0.1, 0.15) is 24.0 Å². The van der Waals surface area contributed by atoms with Gasteiger partial charge in [-0.1, -0.05) is 42.5 Å². The lowest BCUT2D eigenvalue weighted by atomic mass is 9.74. The monoisotopic (exact) mass is 365 g/mol. The molecule has 1 fully saturated rings. The highest BCUT2D eigenvalue weighted by molar-refractivity contribution is 5.28. The van der Waals surface area contributed by atoms with Crippen molar-refractivity contribution < 1.29 is 22.6 Å². The average molecular weight is 365 g/mol. The van der Waals surface area contributed by atoms with Crippen LogP contribution in [0, 0.1) is 0 Å². The third-order valence-electron chi connectivity index (χ3n) is 4.79. The van der Waals surface area contributed by atoms with Gasteiger partial charge in [0, 0.05) is 31.7 Å². The number of nitrogens with one attached hydrogen (secondary N) is 1. The van der Waals surface area contributed by atoms with Gasteiger partial charge in [-0.05, 0) is 36.1 Å². The van der Waals surface area contributed by atoms with Gasteiger partial charge in [0.15, 0.2) is 0 Å². The number of hydrogen-bond donors (Lipinski definition) is 1. The molecule has 26 heavy (non-hydrogen) atoms. The Balaban J connectivity index is 1.60. The lowest BCUT2D eigenvalue weighted by molar-refractivity contribution is -0.274. The molecule has 2 aromatic carbocycles. The van der Waals surface area contributed by atoms with E-state index in [9.17, 15) is 13.2 Å². The Morgan fingerprint density at radius 3 is 2.23 bits per heavy atom. The van der Waals surface area contributed by atoms with Gasteiger partial charge in [0.05, 0.1) is 0 Å². The summed E-state index contributed by atoms with van der Waals surface area (Å²) in [5, 5.41) is 3.46. The highest BCUT2D eigenvalue weighted by Crippen LogP contribution is 2.34. The molecule has 140 valence electrons. The lowest BCUT2D eigenvalue weighted by Crippen LogP contribution is -2.42. The molecule has 1 saturated heterocycles. The molecule has 6 heteroatoms. The van der Waals surface area contributed by atoms with Crippen LogP contribution in [-0.2, 0) is 16.7 Å². The summed E-state index contributed by atoms with van der Waals surface area (Å²) in [7, 11) is 0. The Labute approximate surface area is 151 Å². The number of halogens is 3. The molecule has 0 radical (unpaired) electrons. The van der Waals surface area contributed by atoms with Crippen LogP contribution < -0.4 is 10.1 Å². The molecule has 0 unspecified atom stereocenters. The molecule has 1 aliphatic rings. The molecule has 1 N–H and O–H groups in total. The predicted molar refractivity (Wildman–Crippen MR) is 93.0 cm³/mol. The second-order valence-electron chi connectivity index (χ2n) is 6.55. The molecule has 3 rings (SSSR count). The molecule has 3 nitrogen and oxygen atoms in total. The van der Waals surface area contributed by atoms with Crippen molar-refractivity contribution in [3.05, 3.63) is 65.7 Å². The van der Waals surface area contributed by atoms with Crippen LogP contribution in [0.2, 0.25) is 0 Å². The van der Waals surface area contributed by atoms with Crippen LogP contribution >= 0.6 is 0 Å². The maximum atomic E-state index is 12.2. The maximum Gasteiger partial charge on any atom is 0.573 e. The van der Waals surface area contributed by atoms with Gasteiger partial charge < -0.3 is 14.8 Å². The number of rotatable bonds is 6. The first kappa shape index (κ1) is 18.7. The molecular weight excluding hydrogens is 343 g/mol. The van der Waals surface area contributed by atoms with Crippen molar-refractivity contribution in [2.24, 2.45) is 0 Å². The average Bonchev–Trinajstić information content (AvgIpc) is 2.63. The van der Waals surface area contributed by atoms with E-state index < -0.39 is 6.36 Å². The van der Waals surface area contributed by atoms with Crippen LogP contribution in [-0.4, -0.2) is 26.1 Å². The van der Waals surface area contributed by atoms with Gasteiger partial charge in [0.1, 0.15) is 5.75 Å². The lowest BCUT2D eigenvalue weighted by Gasteiger charge is -2.38. The molecule has 0 bridgehead atoms. The van der Waals surface area contributed by atoms with Crippen molar-refractivity contribution >= 4 is 0 Å². The van der Waals surface area contributed by atoms with Crippen LogP contribution in [0.5, 0.6) is 5.75 Å². The fourth-order valence-corrected chi connectivity index (χ4v) is 3.38. The minimum Gasteiger partial charge on any atom is -0.406 e. The summed E-state index contributed by atoms with van der Waals surface area (Å²) in [5.74, 6) is -0.202. The fourth-order valence-electron chi connectivity index (χ4n) is 3.38. The van der Waals surface area contributed by atoms with E-state index in [0.29, 0.717) is 6.54 Å². The van der Waals surface area contributed by atoms with Crippen molar-refractivity contribution in [1.82, 2.24) is 5.32 Å². The summed E-state index contributed by atoms with van der Waals surface area (Å²) >= 11 is 0. The Kier molecular flexibility index (Phi) is 5.84. The molecule has 0 atom stereocenters. The first-order chi connectivity index (χ1) is 12.5. The highest BCUT2D eigenvalue weighted by atomic mass is 19.4. The number of alkyl halides is 3. The third-order valence-corrected chi connectivity index (χ3v) is 4.79. The minimum absolute atomic E-state index is 0.0266.